The van der Waals surface area contributed by atoms with Crippen LogP contribution >= 0.6 is 11.6 Å². The van der Waals surface area contributed by atoms with Crippen molar-refractivity contribution in [1.82, 2.24) is 14.9 Å². The molecule has 0 fully saturated rings. The smallest absolute Gasteiger partial charge is 0.294 e. The fourth-order valence-electron chi connectivity index (χ4n) is 5.12. The van der Waals surface area contributed by atoms with Crippen molar-refractivity contribution < 1.29 is 34.9 Å². The highest BCUT2D eigenvalue weighted by atomic mass is 35.5. The van der Waals surface area contributed by atoms with Crippen LogP contribution in [0.3, 0.4) is 0 Å². The molecule has 0 spiro atoms. The lowest BCUT2D eigenvalue weighted by atomic mass is 10.1. The summed E-state index contributed by atoms with van der Waals surface area (Å²) in [7, 11) is -7.06. The minimum absolute atomic E-state index is 0.0666. The molecule has 278 valence electrons. The fourth-order valence-corrected chi connectivity index (χ4v) is 6.43. The second-order valence-corrected chi connectivity index (χ2v) is 16.3. The average molecular weight is 781 g/mol. The van der Waals surface area contributed by atoms with Gasteiger partial charge in [0.25, 0.3) is 10.1 Å². The lowest BCUT2D eigenvalue weighted by molar-refractivity contribution is 0.271. The van der Waals surface area contributed by atoms with Gasteiger partial charge in [-0.05, 0) is 91.8 Å². The van der Waals surface area contributed by atoms with E-state index in [-0.39, 0.29) is 23.1 Å². The third-order valence-corrected chi connectivity index (χ3v) is 10.1. The third-order valence-electron chi connectivity index (χ3n) is 7.98. The van der Waals surface area contributed by atoms with Gasteiger partial charge in [-0.25, -0.2) is 22.8 Å². The summed E-state index contributed by atoms with van der Waals surface area (Å²) < 4.78 is 78.1. The number of halogens is 2. The number of ether oxygens (including phenoxy) is 1. The summed E-state index contributed by atoms with van der Waals surface area (Å²) in [6.45, 7) is 5.68. The maximum Gasteiger partial charge on any atom is 0.294 e. The molecule has 6 rings (SSSR count). The summed E-state index contributed by atoms with van der Waals surface area (Å²) in [5.41, 5.74) is 3.97. The topological polar surface area (TPSA) is 152 Å². The summed E-state index contributed by atoms with van der Waals surface area (Å²) in [5, 5.41) is 4.50. The second kappa shape index (κ2) is 17.3. The molecule has 0 saturated heterocycles. The van der Waals surface area contributed by atoms with Gasteiger partial charge in [-0.3, -0.25) is 9.45 Å². The first-order chi connectivity index (χ1) is 25.2. The van der Waals surface area contributed by atoms with Crippen molar-refractivity contribution in [3.05, 3.63) is 131 Å². The Morgan fingerprint density at radius 3 is 2.40 bits per heavy atom. The highest BCUT2D eigenvalue weighted by Crippen LogP contribution is 2.33. The molecule has 6 aromatic rings. The van der Waals surface area contributed by atoms with E-state index in [1.807, 2.05) is 55.1 Å². The number of rotatable bonds is 13. The fraction of sp³-hybridized carbons (Fsp3) is 0.211. The van der Waals surface area contributed by atoms with Crippen molar-refractivity contribution in [2.45, 2.75) is 31.9 Å². The molecule has 15 heteroatoms. The predicted octanol–water partition coefficient (Wildman–Crippen LogP) is 8.11. The van der Waals surface area contributed by atoms with Crippen LogP contribution in [-0.2, 0) is 33.1 Å². The lowest BCUT2D eigenvalue weighted by Crippen LogP contribution is -2.28. The summed E-state index contributed by atoms with van der Waals surface area (Å²) in [6, 6.07) is 27.1. The van der Waals surface area contributed by atoms with Gasteiger partial charge in [0, 0.05) is 29.4 Å². The zero-order chi connectivity index (χ0) is 38.2. The predicted molar refractivity (Wildman–Crippen MR) is 204 cm³/mol. The summed E-state index contributed by atoms with van der Waals surface area (Å²) in [5.74, 6) is 2.29. The van der Waals surface area contributed by atoms with E-state index in [4.69, 9.17) is 25.3 Å². The van der Waals surface area contributed by atoms with Crippen LogP contribution in [0, 0.1) is 12.7 Å². The van der Waals surface area contributed by atoms with E-state index in [9.17, 15) is 21.2 Å². The van der Waals surface area contributed by atoms with E-state index >= 15 is 0 Å². The van der Waals surface area contributed by atoms with Crippen LogP contribution in [-0.4, -0.2) is 61.4 Å². The molecule has 2 heterocycles. The van der Waals surface area contributed by atoms with Crippen LogP contribution in [0.15, 0.2) is 113 Å². The number of anilines is 2. The lowest BCUT2D eigenvalue weighted by Gasteiger charge is -2.18. The SMILES string of the molecule is CCN(CCS(C)(=O)=O)Cc1ccc(-c2ccc3ncnc(Nc4ccc(OCc5cccc(F)c5)c(Cl)c4)c3c2)o1.Cc1ccc(S(=O)(=O)O)cc1. The maximum atomic E-state index is 13.5. The molecule has 11 nitrogen and oxygen atoms in total. The molecular formula is C38H38ClFN4O7S2. The Labute approximate surface area is 313 Å². The van der Waals surface area contributed by atoms with Gasteiger partial charge in [0.1, 0.15) is 51.7 Å². The van der Waals surface area contributed by atoms with Crippen LogP contribution in [0.4, 0.5) is 15.9 Å². The minimum atomic E-state index is -4.02. The molecule has 0 aliphatic carbocycles. The Morgan fingerprint density at radius 2 is 1.72 bits per heavy atom. The van der Waals surface area contributed by atoms with E-state index < -0.39 is 20.0 Å². The van der Waals surface area contributed by atoms with E-state index in [1.165, 1.54) is 36.8 Å². The number of hydrogen-bond acceptors (Lipinski definition) is 10. The van der Waals surface area contributed by atoms with E-state index in [0.717, 1.165) is 27.8 Å². The van der Waals surface area contributed by atoms with Gasteiger partial charge in [-0.15, -0.1) is 0 Å². The van der Waals surface area contributed by atoms with Crippen molar-refractivity contribution in [3.63, 3.8) is 0 Å². The quantitative estimate of drug-likeness (QED) is 0.109. The molecule has 0 aliphatic heterocycles. The molecule has 4 aromatic carbocycles. The zero-order valence-corrected chi connectivity index (χ0v) is 31.6. The first-order valence-corrected chi connectivity index (χ1v) is 20.3. The summed E-state index contributed by atoms with van der Waals surface area (Å²) in [4.78, 5) is 10.8. The van der Waals surface area contributed by atoms with Crippen LogP contribution in [0.25, 0.3) is 22.2 Å². The monoisotopic (exact) mass is 780 g/mol. The van der Waals surface area contributed by atoms with Gasteiger partial charge in [0.15, 0.2) is 0 Å². The van der Waals surface area contributed by atoms with Gasteiger partial charge >= 0.3 is 0 Å². The number of nitrogens with one attached hydrogen (secondary N) is 1. The highest BCUT2D eigenvalue weighted by Gasteiger charge is 2.14. The molecule has 0 aliphatic rings. The molecule has 0 radical (unpaired) electrons. The van der Waals surface area contributed by atoms with Crippen molar-refractivity contribution in [1.29, 1.82) is 0 Å². The number of aromatic nitrogens is 2. The Balaban J connectivity index is 0.000000422. The molecule has 0 unspecified atom stereocenters. The normalized spacial score (nSPS) is 11.7. The Kier molecular flexibility index (Phi) is 12.9. The average Bonchev–Trinajstić information content (AvgIpc) is 3.58. The van der Waals surface area contributed by atoms with Gasteiger partial charge < -0.3 is 14.5 Å². The van der Waals surface area contributed by atoms with Crippen molar-refractivity contribution in [3.8, 4) is 17.1 Å². The third kappa shape index (κ3) is 11.6. The maximum absolute atomic E-state index is 13.5. The molecule has 2 N–H and O–H groups in total. The van der Waals surface area contributed by atoms with E-state index in [0.29, 0.717) is 53.2 Å². The van der Waals surface area contributed by atoms with E-state index in [1.54, 1.807) is 36.4 Å². The van der Waals surface area contributed by atoms with Gasteiger partial charge in [-0.1, -0.05) is 48.4 Å². The largest absolute Gasteiger partial charge is 0.487 e. The highest BCUT2D eigenvalue weighted by molar-refractivity contribution is 7.90. The van der Waals surface area contributed by atoms with Crippen LogP contribution < -0.4 is 10.1 Å². The van der Waals surface area contributed by atoms with Gasteiger partial charge in [0.2, 0.25) is 0 Å². The molecule has 53 heavy (non-hydrogen) atoms. The number of nitrogens with zero attached hydrogens (tertiary/aromatic N) is 3. The number of fused-ring (bicyclic) bond motifs is 1. The first-order valence-electron chi connectivity index (χ1n) is 16.4. The molecule has 0 amide bonds. The van der Waals surface area contributed by atoms with Crippen LogP contribution in [0.2, 0.25) is 5.02 Å². The van der Waals surface area contributed by atoms with Crippen molar-refractivity contribution in [2.75, 3.05) is 30.4 Å². The standard InChI is InChI=1S/C31H30ClFN4O4S.C7H8O3S/c1-3-37(13-14-42(2,38)39)18-25-9-12-29(41-25)22-7-10-28-26(16-22)31(35-20-34-28)36-24-8-11-30(27(32)17-24)40-19-21-5-4-6-23(33)15-21;1-6-2-4-7(5-3-6)11(8,9)10/h4-12,15-17,20H,3,13-14,18-19H2,1-2H3,(H,34,35,36);2-5H,1H3,(H,8,9,10). The van der Waals surface area contributed by atoms with Crippen LogP contribution in [0.1, 0.15) is 23.8 Å². The second-order valence-electron chi connectivity index (χ2n) is 12.2. The number of aryl methyl sites for hydroxylation is 1. The summed E-state index contributed by atoms with van der Waals surface area (Å²) in [6.07, 6.45) is 2.73. The van der Waals surface area contributed by atoms with Crippen molar-refractivity contribution in [2.24, 2.45) is 0 Å². The molecular weight excluding hydrogens is 743 g/mol. The van der Waals surface area contributed by atoms with E-state index in [2.05, 4.69) is 15.3 Å². The first kappa shape index (κ1) is 39.3. The van der Waals surface area contributed by atoms with Crippen LogP contribution in [0.5, 0.6) is 5.75 Å². The Bertz CT molecular complexity index is 2410. The van der Waals surface area contributed by atoms with Gasteiger partial charge in [-0.2, -0.15) is 8.42 Å². The molecule has 0 bridgehead atoms. The summed E-state index contributed by atoms with van der Waals surface area (Å²) >= 11 is 6.49. The number of hydrogen-bond donors (Lipinski definition) is 2. The number of sulfone groups is 1. The number of benzene rings is 4. The Hall–Kier alpha value is -4.86. The van der Waals surface area contributed by atoms with Crippen molar-refractivity contribution >= 4 is 54.0 Å². The molecule has 0 atom stereocenters. The molecule has 2 aromatic heterocycles. The number of furan rings is 1. The molecule has 0 saturated carbocycles. The minimum Gasteiger partial charge on any atom is -0.487 e. The zero-order valence-electron chi connectivity index (χ0n) is 29.2. The Morgan fingerprint density at radius 1 is 0.943 bits per heavy atom. The van der Waals surface area contributed by atoms with Gasteiger partial charge in [0.05, 0.1) is 27.7 Å².